The van der Waals surface area contributed by atoms with Crippen LogP contribution in [0, 0.1) is 19.3 Å². The fourth-order valence-electron chi connectivity index (χ4n) is 1.84. The minimum absolute atomic E-state index is 0.430. The number of aryl methyl sites for hydroxylation is 1. The van der Waals surface area contributed by atoms with E-state index in [0.717, 1.165) is 19.3 Å². The first kappa shape index (κ1) is 11.8. The summed E-state index contributed by atoms with van der Waals surface area (Å²) in [6.07, 6.45) is 8.30. The van der Waals surface area contributed by atoms with Crippen molar-refractivity contribution in [3.8, 4) is 12.3 Å². The molecule has 0 fully saturated rings. The fraction of sp³-hybridized carbons (Fsp3) is 0.429. The predicted molar refractivity (Wildman–Crippen MR) is 65.7 cm³/mol. The first-order chi connectivity index (χ1) is 7.29. The molecule has 1 aromatic rings. The van der Waals surface area contributed by atoms with Gasteiger partial charge in [-0.05, 0) is 37.9 Å². The Morgan fingerprint density at radius 1 is 1.40 bits per heavy atom. The van der Waals surface area contributed by atoms with Gasteiger partial charge in [0.1, 0.15) is 0 Å². The van der Waals surface area contributed by atoms with Crippen molar-refractivity contribution in [2.24, 2.45) is 0 Å². The summed E-state index contributed by atoms with van der Waals surface area (Å²) in [6, 6.07) is 8.94. The van der Waals surface area contributed by atoms with Crippen LogP contribution in [0.4, 0.5) is 0 Å². The molecule has 0 aliphatic rings. The Hall–Kier alpha value is -1.26. The molecule has 1 aromatic carbocycles. The molecule has 0 bridgehead atoms. The molecule has 0 aromatic heterocycles. The van der Waals surface area contributed by atoms with Gasteiger partial charge in [0.25, 0.3) is 0 Å². The second kappa shape index (κ2) is 6.27. The van der Waals surface area contributed by atoms with Crippen LogP contribution >= 0.6 is 0 Å². The van der Waals surface area contributed by atoms with Gasteiger partial charge >= 0.3 is 0 Å². The maximum atomic E-state index is 5.25. The van der Waals surface area contributed by atoms with Gasteiger partial charge in [-0.2, -0.15) is 0 Å². The molecule has 80 valence electrons. The summed E-state index contributed by atoms with van der Waals surface area (Å²) in [4.78, 5) is 0. The number of nitrogens with one attached hydrogen (secondary N) is 1. The summed E-state index contributed by atoms with van der Waals surface area (Å²) < 4.78 is 0. The van der Waals surface area contributed by atoms with E-state index in [-0.39, 0.29) is 0 Å². The van der Waals surface area contributed by atoms with Gasteiger partial charge in [-0.15, -0.1) is 12.3 Å². The van der Waals surface area contributed by atoms with Crippen LogP contribution in [0.3, 0.4) is 0 Å². The van der Waals surface area contributed by atoms with Crippen molar-refractivity contribution in [1.82, 2.24) is 5.32 Å². The van der Waals surface area contributed by atoms with E-state index in [1.807, 2.05) is 7.05 Å². The number of unbranched alkanes of at least 4 members (excludes halogenated alkanes) is 1. The third-order valence-corrected chi connectivity index (χ3v) is 2.73. The standard InChI is InChI=1S/C14H19N/c1-4-5-6-11-14(15-3)13-10-8-7-9-12(13)2/h1,7-10,14-15H,5-6,11H2,2-3H3. The Bertz CT molecular complexity index is 335. The molecular weight excluding hydrogens is 182 g/mol. The number of terminal acetylenes is 1. The van der Waals surface area contributed by atoms with E-state index in [9.17, 15) is 0 Å². The van der Waals surface area contributed by atoms with Gasteiger partial charge in [0.15, 0.2) is 0 Å². The quantitative estimate of drug-likeness (QED) is 0.570. The molecule has 0 heterocycles. The molecule has 1 nitrogen and oxygen atoms in total. The predicted octanol–water partition coefficient (Wildman–Crippen LogP) is 3.06. The highest BCUT2D eigenvalue weighted by atomic mass is 14.9. The first-order valence-corrected chi connectivity index (χ1v) is 5.46. The lowest BCUT2D eigenvalue weighted by Crippen LogP contribution is -2.17. The van der Waals surface area contributed by atoms with Crippen molar-refractivity contribution < 1.29 is 0 Å². The lowest BCUT2D eigenvalue weighted by Gasteiger charge is -2.18. The third kappa shape index (κ3) is 3.42. The monoisotopic (exact) mass is 201 g/mol. The van der Waals surface area contributed by atoms with Gasteiger partial charge in [0.05, 0.1) is 0 Å². The molecule has 15 heavy (non-hydrogen) atoms. The van der Waals surface area contributed by atoms with E-state index >= 15 is 0 Å². The van der Waals surface area contributed by atoms with Crippen molar-refractivity contribution in [2.75, 3.05) is 7.05 Å². The molecule has 1 N–H and O–H groups in total. The molecule has 0 aliphatic carbocycles. The summed E-state index contributed by atoms with van der Waals surface area (Å²) in [6.45, 7) is 2.15. The van der Waals surface area contributed by atoms with Gasteiger partial charge in [-0.1, -0.05) is 24.3 Å². The Kier molecular flexibility index (Phi) is 4.93. The molecule has 0 spiro atoms. The van der Waals surface area contributed by atoms with Gasteiger partial charge in [0.2, 0.25) is 0 Å². The summed E-state index contributed by atoms with van der Waals surface area (Å²) in [7, 11) is 2.01. The van der Waals surface area contributed by atoms with Crippen LogP contribution in [0.1, 0.15) is 36.4 Å². The van der Waals surface area contributed by atoms with Gasteiger partial charge < -0.3 is 5.32 Å². The van der Waals surface area contributed by atoms with E-state index in [1.54, 1.807) is 0 Å². The number of rotatable bonds is 5. The highest BCUT2D eigenvalue weighted by molar-refractivity contribution is 5.28. The number of hydrogen-bond acceptors (Lipinski definition) is 1. The summed E-state index contributed by atoms with van der Waals surface area (Å²) in [5.41, 5.74) is 2.73. The molecule has 0 amide bonds. The van der Waals surface area contributed by atoms with Crippen molar-refractivity contribution >= 4 is 0 Å². The SMILES string of the molecule is C#CCCCC(NC)c1ccccc1C. The van der Waals surface area contributed by atoms with Crippen molar-refractivity contribution in [1.29, 1.82) is 0 Å². The molecular formula is C14H19N. The van der Waals surface area contributed by atoms with E-state index < -0.39 is 0 Å². The molecule has 1 heteroatoms. The van der Waals surface area contributed by atoms with Crippen molar-refractivity contribution in [3.63, 3.8) is 0 Å². The highest BCUT2D eigenvalue weighted by Gasteiger charge is 2.09. The van der Waals surface area contributed by atoms with Crippen LogP contribution in [-0.2, 0) is 0 Å². The second-order valence-electron chi connectivity index (χ2n) is 3.79. The summed E-state index contributed by atoms with van der Waals surface area (Å²) in [5, 5.41) is 3.35. The van der Waals surface area contributed by atoms with Crippen molar-refractivity contribution in [3.05, 3.63) is 35.4 Å². The summed E-state index contributed by atoms with van der Waals surface area (Å²) in [5.74, 6) is 2.69. The fourth-order valence-corrected chi connectivity index (χ4v) is 1.84. The van der Waals surface area contributed by atoms with Gasteiger partial charge in [-0.25, -0.2) is 0 Å². The second-order valence-corrected chi connectivity index (χ2v) is 3.79. The molecule has 0 saturated heterocycles. The van der Waals surface area contributed by atoms with Gasteiger partial charge in [0, 0.05) is 12.5 Å². The molecule has 1 rings (SSSR count). The zero-order chi connectivity index (χ0) is 11.1. The van der Waals surface area contributed by atoms with E-state index in [4.69, 9.17) is 6.42 Å². The molecule has 1 atom stereocenters. The zero-order valence-electron chi connectivity index (χ0n) is 9.59. The van der Waals surface area contributed by atoms with Crippen LogP contribution in [-0.4, -0.2) is 7.05 Å². The van der Waals surface area contributed by atoms with Crippen LogP contribution in [0.5, 0.6) is 0 Å². The lowest BCUT2D eigenvalue weighted by atomic mass is 9.97. The summed E-state index contributed by atoms with van der Waals surface area (Å²) >= 11 is 0. The minimum Gasteiger partial charge on any atom is -0.313 e. The zero-order valence-corrected chi connectivity index (χ0v) is 9.59. The average molecular weight is 201 g/mol. The average Bonchev–Trinajstić information content (AvgIpc) is 2.26. The molecule has 0 radical (unpaired) electrons. The van der Waals surface area contributed by atoms with E-state index in [0.29, 0.717) is 6.04 Å². The number of benzene rings is 1. The normalized spacial score (nSPS) is 12.1. The van der Waals surface area contributed by atoms with Crippen LogP contribution in [0.25, 0.3) is 0 Å². The smallest absolute Gasteiger partial charge is 0.0320 e. The van der Waals surface area contributed by atoms with Crippen molar-refractivity contribution in [2.45, 2.75) is 32.2 Å². The minimum atomic E-state index is 0.430. The van der Waals surface area contributed by atoms with Crippen LogP contribution < -0.4 is 5.32 Å². The molecule has 0 aliphatic heterocycles. The third-order valence-electron chi connectivity index (χ3n) is 2.73. The Morgan fingerprint density at radius 3 is 2.73 bits per heavy atom. The van der Waals surface area contributed by atoms with E-state index in [1.165, 1.54) is 11.1 Å². The maximum absolute atomic E-state index is 5.25. The Balaban J connectivity index is 2.66. The molecule has 1 unspecified atom stereocenters. The maximum Gasteiger partial charge on any atom is 0.0320 e. The lowest BCUT2D eigenvalue weighted by molar-refractivity contribution is 0.530. The first-order valence-electron chi connectivity index (χ1n) is 5.46. The highest BCUT2D eigenvalue weighted by Crippen LogP contribution is 2.21. The Morgan fingerprint density at radius 2 is 2.13 bits per heavy atom. The molecule has 0 saturated carbocycles. The Labute approximate surface area is 92.9 Å². The van der Waals surface area contributed by atoms with Crippen LogP contribution in [0.2, 0.25) is 0 Å². The van der Waals surface area contributed by atoms with E-state index in [2.05, 4.69) is 42.4 Å². The largest absolute Gasteiger partial charge is 0.313 e. The number of hydrogen-bond donors (Lipinski definition) is 1. The van der Waals surface area contributed by atoms with Crippen LogP contribution in [0.15, 0.2) is 24.3 Å². The topological polar surface area (TPSA) is 12.0 Å². The van der Waals surface area contributed by atoms with Gasteiger partial charge in [-0.3, -0.25) is 0 Å².